The number of amides is 1. The molecular formula is C16H22N4O6S2. The predicted octanol–water partition coefficient (Wildman–Crippen LogP) is -0.613. The Balaban J connectivity index is 1.54. The van der Waals surface area contributed by atoms with Gasteiger partial charge < -0.3 is 9.73 Å². The molecule has 0 radical (unpaired) electrons. The third-order valence-electron chi connectivity index (χ3n) is 4.55. The number of nitrogens with two attached hydrogens (primary N) is 1. The third-order valence-corrected chi connectivity index (χ3v) is 6.77. The van der Waals surface area contributed by atoms with Gasteiger partial charge in [-0.1, -0.05) is 0 Å². The van der Waals surface area contributed by atoms with Gasteiger partial charge in [-0.15, -0.1) is 0 Å². The van der Waals surface area contributed by atoms with Gasteiger partial charge >= 0.3 is 0 Å². The second-order valence-electron chi connectivity index (χ2n) is 6.61. The molecule has 0 unspecified atom stereocenters. The van der Waals surface area contributed by atoms with E-state index in [-0.39, 0.29) is 10.7 Å². The highest BCUT2D eigenvalue weighted by Gasteiger charge is 2.23. The molecular weight excluding hydrogens is 408 g/mol. The van der Waals surface area contributed by atoms with Crippen molar-refractivity contribution in [3.8, 4) is 0 Å². The molecule has 1 fully saturated rings. The average Bonchev–Trinajstić information content (AvgIpc) is 3.04. The zero-order valence-corrected chi connectivity index (χ0v) is 16.9. The highest BCUT2D eigenvalue weighted by molar-refractivity contribution is 7.89. The molecule has 0 aliphatic carbocycles. The van der Waals surface area contributed by atoms with E-state index >= 15 is 0 Å². The van der Waals surface area contributed by atoms with Crippen molar-refractivity contribution >= 4 is 36.9 Å². The Morgan fingerprint density at radius 1 is 1.14 bits per heavy atom. The van der Waals surface area contributed by atoms with Crippen LogP contribution in [-0.2, 0) is 20.0 Å². The molecule has 0 atom stereocenters. The molecule has 0 bridgehead atoms. The van der Waals surface area contributed by atoms with E-state index in [1.54, 1.807) is 0 Å². The van der Waals surface area contributed by atoms with Crippen molar-refractivity contribution in [3.05, 3.63) is 30.0 Å². The van der Waals surface area contributed by atoms with Crippen molar-refractivity contribution < 1.29 is 26.0 Å². The minimum atomic E-state index is -3.83. The van der Waals surface area contributed by atoms with Crippen LogP contribution >= 0.6 is 0 Å². The van der Waals surface area contributed by atoms with Crippen LogP contribution in [-0.4, -0.2) is 77.5 Å². The maximum Gasteiger partial charge on any atom is 0.287 e. The number of hydrogen-bond acceptors (Lipinski definition) is 7. The summed E-state index contributed by atoms with van der Waals surface area (Å²) in [6.45, 7) is 3.02. The molecule has 2 aromatic rings. The van der Waals surface area contributed by atoms with Gasteiger partial charge in [0.25, 0.3) is 5.91 Å². The van der Waals surface area contributed by atoms with Crippen LogP contribution < -0.4 is 10.5 Å². The summed E-state index contributed by atoms with van der Waals surface area (Å²) in [7, 11) is -7.00. The maximum atomic E-state index is 12.3. The summed E-state index contributed by atoms with van der Waals surface area (Å²) in [6, 6.07) is 5.59. The van der Waals surface area contributed by atoms with Gasteiger partial charge in [0.1, 0.15) is 5.58 Å². The number of carbonyl (C=O) groups is 1. The number of benzene rings is 1. The van der Waals surface area contributed by atoms with E-state index in [0.717, 1.165) is 0 Å². The van der Waals surface area contributed by atoms with Crippen LogP contribution in [0.15, 0.2) is 33.6 Å². The summed E-state index contributed by atoms with van der Waals surface area (Å²) >= 11 is 0. The Kier molecular flexibility index (Phi) is 5.77. The van der Waals surface area contributed by atoms with Crippen molar-refractivity contribution in [2.24, 2.45) is 5.14 Å². The molecule has 3 N–H and O–H groups in total. The highest BCUT2D eigenvalue weighted by atomic mass is 32.2. The predicted molar refractivity (Wildman–Crippen MR) is 103 cm³/mol. The molecule has 1 aliphatic rings. The van der Waals surface area contributed by atoms with E-state index in [4.69, 9.17) is 9.56 Å². The Hall–Kier alpha value is -1.99. The zero-order valence-electron chi connectivity index (χ0n) is 15.3. The van der Waals surface area contributed by atoms with Crippen LogP contribution in [0.3, 0.4) is 0 Å². The number of piperazine rings is 1. The molecule has 1 aromatic carbocycles. The maximum absolute atomic E-state index is 12.3. The summed E-state index contributed by atoms with van der Waals surface area (Å²) in [5.74, 6) is -0.341. The van der Waals surface area contributed by atoms with Crippen molar-refractivity contribution in [2.75, 3.05) is 45.5 Å². The van der Waals surface area contributed by atoms with Gasteiger partial charge in [0.05, 0.1) is 11.2 Å². The fraction of sp³-hybridized carbons (Fsp3) is 0.438. The molecule has 1 aromatic heterocycles. The van der Waals surface area contributed by atoms with Crippen molar-refractivity contribution in [1.29, 1.82) is 0 Å². The van der Waals surface area contributed by atoms with Gasteiger partial charge in [-0.25, -0.2) is 22.0 Å². The van der Waals surface area contributed by atoms with Gasteiger partial charge in [-0.2, -0.15) is 4.31 Å². The second-order valence-corrected chi connectivity index (χ2v) is 10.2. The first-order chi connectivity index (χ1) is 13.0. The standard InChI is InChI=1S/C16H22N4O6S2/c1-27(22,23)20-8-6-19(7-9-20)5-4-18-16(21)15-11-12-10-13(28(17,24)25)2-3-14(12)26-15/h2-3,10-11H,4-9H2,1H3,(H,18,21)(H2,17,24,25). The summed E-state index contributed by atoms with van der Waals surface area (Å²) in [6.07, 6.45) is 1.20. The third kappa shape index (κ3) is 4.89. The van der Waals surface area contributed by atoms with Crippen LogP contribution in [0.1, 0.15) is 10.6 Å². The lowest BCUT2D eigenvalue weighted by atomic mass is 10.2. The topological polar surface area (TPSA) is 143 Å². The van der Waals surface area contributed by atoms with Crippen LogP contribution in [0.2, 0.25) is 0 Å². The lowest BCUT2D eigenvalue weighted by molar-refractivity contribution is 0.0919. The normalized spacial score (nSPS) is 17.1. The SMILES string of the molecule is CS(=O)(=O)N1CCN(CCNC(=O)c2cc3cc(S(N)(=O)=O)ccc3o2)CC1. The highest BCUT2D eigenvalue weighted by Crippen LogP contribution is 2.22. The number of primary sulfonamides is 1. The number of rotatable bonds is 6. The Labute approximate surface area is 163 Å². The molecule has 3 rings (SSSR count). The summed E-state index contributed by atoms with van der Waals surface area (Å²) in [5.41, 5.74) is 0.384. The monoisotopic (exact) mass is 430 g/mol. The van der Waals surface area contributed by atoms with Crippen molar-refractivity contribution in [2.45, 2.75) is 4.90 Å². The number of fused-ring (bicyclic) bond motifs is 1. The molecule has 10 nitrogen and oxygen atoms in total. The van der Waals surface area contributed by atoms with Crippen molar-refractivity contribution in [1.82, 2.24) is 14.5 Å². The quantitative estimate of drug-likeness (QED) is 0.622. The zero-order chi connectivity index (χ0) is 20.5. The summed E-state index contributed by atoms with van der Waals surface area (Å²) in [4.78, 5) is 14.3. The van der Waals surface area contributed by atoms with E-state index < -0.39 is 26.0 Å². The number of hydrogen-bond donors (Lipinski definition) is 2. The van der Waals surface area contributed by atoms with Crippen molar-refractivity contribution in [3.63, 3.8) is 0 Å². The van der Waals surface area contributed by atoms with Gasteiger partial charge in [0.2, 0.25) is 20.0 Å². The van der Waals surface area contributed by atoms with Crippen LogP contribution in [0, 0.1) is 0 Å². The fourth-order valence-corrected chi connectivity index (χ4v) is 4.39. The first-order valence-corrected chi connectivity index (χ1v) is 12.0. The smallest absolute Gasteiger partial charge is 0.287 e. The first-order valence-electron chi connectivity index (χ1n) is 8.56. The lowest BCUT2D eigenvalue weighted by Crippen LogP contribution is -2.49. The van der Waals surface area contributed by atoms with E-state index in [0.29, 0.717) is 50.2 Å². The van der Waals surface area contributed by atoms with Gasteiger partial charge in [-0.05, 0) is 24.3 Å². The number of nitrogens with one attached hydrogen (secondary N) is 1. The van der Waals surface area contributed by atoms with E-state index in [2.05, 4.69) is 10.2 Å². The minimum Gasteiger partial charge on any atom is -0.451 e. The summed E-state index contributed by atoms with van der Waals surface area (Å²) in [5, 5.41) is 8.32. The Morgan fingerprint density at radius 3 is 2.43 bits per heavy atom. The largest absolute Gasteiger partial charge is 0.451 e. The molecule has 0 spiro atoms. The van der Waals surface area contributed by atoms with E-state index in [1.165, 1.54) is 34.8 Å². The van der Waals surface area contributed by atoms with E-state index in [9.17, 15) is 21.6 Å². The molecule has 1 saturated heterocycles. The molecule has 1 aliphatic heterocycles. The van der Waals surface area contributed by atoms with Gasteiger partial charge in [0.15, 0.2) is 5.76 Å². The molecule has 1 amide bonds. The Morgan fingerprint density at radius 2 is 1.82 bits per heavy atom. The molecule has 12 heteroatoms. The fourth-order valence-electron chi connectivity index (χ4n) is 3.01. The second kappa shape index (κ2) is 7.79. The van der Waals surface area contributed by atoms with E-state index in [1.807, 2.05) is 0 Å². The van der Waals surface area contributed by atoms with Crippen LogP contribution in [0.5, 0.6) is 0 Å². The van der Waals surface area contributed by atoms with Crippen LogP contribution in [0.25, 0.3) is 11.0 Å². The molecule has 2 heterocycles. The van der Waals surface area contributed by atoms with Gasteiger partial charge in [-0.3, -0.25) is 9.69 Å². The lowest BCUT2D eigenvalue weighted by Gasteiger charge is -2.33. The molecule has 28 heavy (non-hydrogen) atoms. The molecule has 154 valence electrons. The van der Waals surface area contributed by atoms with Crippen LogP contribution in [0.4, 0.5) is 0 Å². The number of nitrogens with zero attached hydrogens (tertiary/aromatic N) is 2. The summed E-state index contributed by atoms with van der Waals surface area (Å²) < 4.78 is 52.7. The number of carbonyl (C=O) groups excluding carboxylic acids is 1. The first kappa shape index (κ1) is 20.7. The minimum absolute atomic E-state index is 0.0546. The number of sulfonamides is 2. The number of furan rings is 1. The van der Waals surface area contributed by atoms with Gasteiger partial charge in [0, 0.05) is 44.7 Å². The average molecular weight is 431 g/mol. The molecule has 0 saturated carbocycles. The Bertz CT molecular complexity index is 1090.